The van der Waals surface area contributed by atoms with E-state index in [1.165, 1.54) is 23.5 Å². The monoisotopic (exact) mass is 230 g/mol. The van der Waals surface area contributed by atoms with E-state index in [0.29, 0.717) is 0 Å². The molecule has 0 aromatic carbocycles. The summed E-state index contributed by atoms with van der Waals surface area (Å²) in [7, 11) is 1.34. The molecule has 2 nitrogen and oxygen atoms in total. The van der Waals surface area contributed by atoms with Gasteiger partial charge in [-0.05, 0) is 0 Å². The maximum absolute atomic E-state index is 9.90. The molecule has 44 valence electrons. The number of esters is 1. The predicted octanol–water partition coefficient (Wildman–Crippen LogP) is 1.23. The summed E-state index contributed by atoms with van der Waals surface area (Å²) in [4.78, 5) is 9.90. The Kier molecular flexibility index (Phi) is 15.0. The second-order valence-corrected chi connectivity index (χ2v) is 0.826. The molecule has 0 N–H and O–H groups in total. The minimum absolute atomic E-state index is 0.219. The van der Waals surface area contributed by atoms with Gasteiger partial charge in [-0.3, -0.25) is 4.79 Å². The number of ether oxygens (including phenoxy) is 1. The number of carbonyl (C=O) groups excluding carboxylic acids is 1. The van der Waals surface area contributed by atoms with E-state index >= 15 is 0 Å². The fraction of sp³-hybridized carbons (Fsp3) is 0.500. The van der Waals surface area contributed by atoms with E-state index in [0.717, 1.165) is 0 Å². The second-order valence-electron chi connectivity index (χ2n) is 0.826. The van der Waals surface area contributed by atoms with Crippen LogP contribution in [0.2, 0.25) is 0 Å². The number of hydrogen-bond acceptors (Lipinski definition) is 2. The average Bonchev–Trinajstić information content (AvgIpc) is 1.91. The van der Waals surface area contributed by atoms with Gasteiger partial charge in [-0.2, -0.15) is 0 Å². The van der Waals surface area contributed by atoms with E-state index < -0.39 is 0 Å². The van der Waals surface area contributed by atoms with Crippen molar-refractivity contribution in [3.8, 4) is 0 Å². The summed E-state index contributed by atoms with van der Waals surface area (Å²) >= 11 is 4.25. The molecule has 0 aromatic rings. The Labute approximate surface area is 66.0 Å². The minimum atomic E-state index is -0.269. The van der Waals surface area contributed by atoms with Crippen LogP contribution in [0.4, 0.5) is 0 Å². The average molecular weight is 232 g/mol. The van der Waals surface area contributed by atoms with Crippen molar-refractivity contribution in [1.29, 1.82) is 0 Å². The van der Waals surface area contributed by atoms with Crippen LogP contribution in [0.3, 0.4) is 0 Å². The van der Waals surface area contributed by atoms with Crippen LogP contribution in [0.25, 0.3) is 0 Å². The van der Waals surface area contributed by atoms with Crippen LogP contribution in [0.5, 0.6) is 0 Å². The molecule has 0 aromatic heterocycles. The summed E-state index contributed by atoms with van der Waals surface area (Å²) in [6, 6.07) is 0. The maximum atomic E-state index is 9.90. The van der Waals surface area contributed by atoms with Crippen molar-refractivity contribution < 1.29 is 25.9 Å². The van der Waals surface area contributed by atoms with Gasteiger partial charge < -0.3 is 11.7 Å². The van der Waals surface area contributed by atoms with Gasteiger partial charge in [-0.25, -0.2) is 0 Å². The van der Waals surface area contributed by atoms with E-state index in [2.05, 4.69) is 25.3 Å². The van der Waals surface area contributed by atoms with Crippen LogP contribution in [0, 0.1) is 6.92 Å². The van der Waals surface area contributed by atoms with Gasteiger partial charge >= 0.3 is 30.0 Å². The Hall–Kier alpha value is 0.573. The molecule has 4 heteroatoms. The van der Waals surface area contributed by atoms with E-state index in [4.69, 9.17) is 0 Å². The van der Waals surface area contributed by atoms with Gasteiger partial charge in [-0.15, -0.1) is 0 Å². The Balaban J connectivity index is 0. The van der Waals surface area contributed by atoms with Gasteiger partial charge in [0, 0.05) is 0 Å². The van der Waals surface area contributed by atoms with E-state index in [9.17, 15) is 4.79 Å². The Morgan fingerprint density at radius 1 is 1.88 bits per heavy atom. The number of rotatable bonds is 1. The Bertz CT molecular complexity index is 52.0. The van der Waals surface area contributed by atoms with Crippen LogP contribution >= 0.6 is 13.6 Å². The topological polar surface area (TPSA) is 26.3 Å². The number of methoxy groups -OCH3 is 1. The van der Waals surface area contributed by atoms with Gasteiger partial charge in [0.1, 0.15) is 0 Å². The molecule has 0 unspecified atom stereocenters. The molecule has 0 aliphatic carbocycles. The normalized spacial score (nSPS) is 6.62. The Morgan fingerprint density at radius 3 is 2.25 bits per heavy atom. The van der Waals surface area contributed by atoms with E-state index in [1.807, 2.05) is 0 Å². The van der Waals surface area contributed by atoms with Crippen molar-refractivity contribution in [3.63, 3.8) is 0 Å². The van der Waals surface area contributed by atoms with Gasteiger partial charge in [0.15, 0.2) is 0 Å². The summed E-state index contributed by atoms with van der Waals surface area (Å²) in [5.74, 6) is -0.269. The third-order valence-corrected chi connectivity index (χ3v) is 0.432. The molecule has 0 radical (unpaired) electrons. The van der Waals surface area contributed by atoms with Crippen molar-refractivity contribution in [2.24, 2.45) is 0 Å². The van der Waals surface area contributed by atoms with Crippen molar-refractivity contribution in [3.05, 3.63) is 6.92 Å². The molecule has 0 aliphatic rings. The standard InChI is InChI=1S/C4H7O2.BrH.Zn/c1-3-4(5)6-2;;/h1,3H2,2H3;1H;/q-1;;+2/p-1. The first-order chi connectivity index (χ1) is 3.81. The molecule has 0 spiro atoms. The number of halogens is 1. The predicted molar refractivity (Wildman–Crippen MR) is 30.9 cm³/mol. The first-order valence-electron chi connectivity index (χ1n) is 1.94. The van der Waals surface area contributed by atoms with Crippen LogP contribution in [0.1, 0.15) is 6.42 Å². The summed E-state index contributed by atoms with van der Waals surface area (Å²) in [5, 5.41) is 0. The summed E-state index contributed by atoms with van der Waals surface area (Å²) < 4.78 is 4.20. The molecule has 0 fully saturated rings. The molecule has 0 saturated carbocycles. The molecule has 0 heterocycles. The number of hydrogen-bond donors (Lipinski definition) is 0. The zero-order valence-electron chi connectivity index (χ0n) is 4.82. The zero-order valence-corrected chi connectivity index (χ0v) is 9.37. The molecule has 0 amide bonds. The molecular weight excluding hydrogens is 225 g/mol. The molecule has 0 rings (SSSR count). The van der Waals surface area contributed by atoms with Crippen LogP contribution in [-0.2, 0) is 25.9 Å². The van der Waals surface area contributed by atoms with Gasteiger partial charge in [0.05, 0.1) is 7.11 Å². The third kappa shape index (κ3) is 9.76. The summed E-state index contributed by atoms with van der Waals surface area (Å²) in [6.45, 7) is 3.28. The quantitative estimate of drug-likeness (QED) is 0.386. The third-order valence-electron chi connectivity index (χ3n) is 0.432. The van der Waals surface area contributed by atoms with E-state index in [1.54, 1.807) is 0 Å². The molecule has 8 heavy (non-hydrogen) atoms. The number of carbonyl (C=O) groups is 1. The molecule has 0 bridgehead atoms. The SMILES string of the molecule is [CH2-]CC(=O)OC.[Zn+][Br]. The zero-order chi connectivity index (χ0) is 6.99. The van der Waals surface area contributed by atoms with Crippen molar-refractivity contribution >= 4 is 19.6 Å². The first kappa shape index (κ1) is 11.4. The van der Waals surface area contributed by atoms with Crippen LogP contribution in [-0.4, -0.2) is 13.1 Å². The van der Waals surface area contributed by atoms with Crippen LogP contribution < -0.4 is 0 Å². The molecule has 0 atom stereocenters. The molecule has 0 aliphatic heterocycles. The first-order valence-corrected chi connectivity index (χ1v) is 8.89. The Morgan fingerprint density at radius 2 is 2.25 bits per heavy atom. The fourth-order valence-electron chi connectivity index (χ4n) is 0.102. The second kappa shape index (κ2) is 10.5. The summed E-state index contributed by atoms with van der Waals surface area (Å²) in [5.41, 5.74) is 0. The van der Waals surface area contributed by atoms with Gasteiger partial charge in [0.2, 0.25) is 0 Å². The molecular formula is C4H7BrO2Zn. The van der Waals surface area contributed by atoms with Crippen molar-refractivity contribution in [2.45, 2.75) is 6.42 Å². The van der Waals surface area contributed by atoms with Gasteiger partial charge in [-0.1, -0.05) is 6.42 Å². The van der Waals surface area contributed by atoms with Crippen LogP contribution in [0.15, 0.2) is 0 Å². The van der Waals surface area contributed by atoms with Gasteiger partial charge in [0.25, 0.3) is 5.97 Å². The van der Waals surface area contributed by atoms with Crippen molar-refractivity contribution in [2.75, 3.05) is 7.11 Å². The van der Waals surface area contributed by atoms with E-state index in [-0.39, 0.29) is 12.4 Å². The summed E-state index contributed by atoms with van der Waals surface area (Å²) in [6.07, 6.45) is 0.219. The van der Waals surface area contributed by atoms with Crippen molar-refractivity contribution in [1.82, 2.24) is 0 Å². The fourth-order valence-corrected chi connectivity index (χ4v) is 0.102. The molecule has 0 saturated heterocycles.